The van der Waals surface area contributed by atoms with Crippen LogP contribution in [0.15, 0.2) is 54.6 Å². The van der Waals surface area contributed by atoms with Gasteiger partial charge >= 0.3 is 5.97 Å². The predicted octanol–water partition coefficient (Wildman–Crippen LogP) is 2.82. The molecule has 0 amide bonds. The summed E-state index contributed by atoms with van der Waals surface area (Å²) in [5.41, 5.74) is 2.10. The molecular weight excluding hydrogens is 268 g/mol. The number of ether oxygens (including phenoxy) is 3. The number of benzene rings is 2. The highest BCUT2D eigenvalue weighted by molar-refractivity contribution is 5.37. The fourth-order valence-corrected chi connectivity index (χ4v) is 2.41. The average molecular weight is 288 g/mol. The molecule has 0 aromatic heterocycles. The second kappa shape index (κ2) is 6.83. The first kappa shape index (κ1) is 15.7. The van der Waals surface area contributed by atoms with Gasteiger partial charge in [0.2, 0.25) is 0 Å². The third-order valence-electron chi connectivity index (χ3n) is 3.51. The first-order valence-corrected chi connectivity index (χ1v) is 6.66. The maximum atomic E-state index is 10.7. The van der Waals surface area contributed by atoms with Gasteiger partial charge in [-0.2, -0.15) is 0 Å². The first-order valence-electron chi connectivity index (χ1n) is 6.66. The largest absolute Gasteiger partial charge is 0.384 e. The first-order chi connectivity index (χ1) is 10.2. The summed E-state index contributed by atoms with van der Waals surface area (Å²) in [6, 6.07) is 16.8. The molecule has 0 spiro atoms. The monoisotopic (exact) mass is 288 g/mol. The second-order valence-electron chi connectivity index (χ2n) is 4.57. The highest BCUT2D eigenvalue weighted by Crippen LogP contribution is 2.34. The molecule has 0 unspecified atom stereocenters. The van der Waals surface area contributed by atoms with Gasteiger partial charge in [-0.1, -0.05) is 54.6 Å². The number of hydrogen-bond donors (Lipinski definition) is 1. The average Bonchev–Trinajstić information content (AvgIpc) is 2.57. The smallest absolute Gasteiger partial charge is 0.311 e. The van der Waals surface area contributed by atoms with Gasteiger partial charge < -0.3 is 19.3 Å². The summed E-state index contributed by atoms with van der Waals surface area (Å²) in [5.74, 6) is -1.34. The van der Waals surface area contributed by atoms with E-state index < -0.39 is 12.1 Å². The van der Waals surface area contributed by atoms with E-state index in [9.17, 15) is 5.11 Å². The molecule has 0 aliphatic carbocycles. The SMILES string of the molecule is COC(OC)(OC)c1ccccc1[C@@H](O)c1ccccc1. The Morgan fingerprint density at radius 2 is 1.33 bits per heavy atom. The van der Waals surface area contributed by atoms with Gasteiger partial charge in [-0.3, -0.25) is 0 Å². The van der Waals surface area contributed by atoms with E-state index in [-0.39, 0.29) is 0 Å². The summed E-state index contributed by atoms with van der Waals surface area (Å²) < 4.78 is 16.2. The van der Waals surface area contributed by atoms with Crippen LogP contribution in [0.2, 0.25) is 0 Å². The molecule has 21 heavy (non-hydrogen) atoms. The van der Waals surface area contributed by atoms with Gasteiger partial charge in [0, 0.05) is 26.9 Å². The molecule has 2 aromatic rings. The molecule has 4 heteroatoms. The zero-order valence-electron chi connectivity index (χ0n) is 12.4. The van der Waals surface area contributed by atoms with Crippen molar-refractivity contribution >= 4 is 0 Å². The van der Waals surface area contributed by atoms with Gasteiger partial charge in [0.1, 0.15) is 6.10 Å². The Bertz CT molecular complexity index is 556. The summed E-state index contributed by atoms with van der Waals surface area (Å²) in [6.07, 6.45) is -0.790. The summed E-state index contributed by atoms with van der Waals surface area (Å²) in [5, 5.41) is 10.7. The van der Waals surface area contributed by atoms with Gasteiger partial charge in [0.05, 0.1) is 0 Å². The fourth-order valence-electron chi connectivity index (χ4n) is 2.41. The fraction of sp³-hybridized carbons (Fsp3) is 0.294. The summed E-state index contributed by atoms with van der Waals surface area (Å²) >= 11 is 0. The highest BCUT2D eigenvalue weighted by Gasteiger charge is 2.36. The molecule has 0 saturated heterocycles. The predicted molar refractivity (Wildman–Crippen MR) is 79.7 cm³/mol. The number of rotatable bonds is 6. The van der Waals surface area contributed by atoms with Gasteiger partial charge in [-0.15, -0.1) is 0 Å². The molecule has 0 saturated carbocycles. The molecule has 0 aliphatic heterocycles. The Kier molecular flexibility index (Phi) is 5.09. The normalized spacial score (nSPS) is 13.1. The highest BCUT2D eigenvalue weighted by atomic mass is 16.9. The van der Waals surface area contributed by atoms with E-state index in [1.54, 1.807) is 0 Å². The minimum atomic E-state index is -1.34. The van der Waals surface area contributed by atoms with Crippen molar-refractivity contribution in [3.05, 3.63) is 71.3 Å². The number of hydrogen-bond acceptors (Lipinski definition) is 4. The van der Waals surface area contributed by atoms with Crippen molar-refractivity contribution in [1.29, 1.82) is 0 Å². The van der Waals surface area contributed by atoms with Crippen LogP contribution in [-0.4, -0.2) is 26.4 Å². The van der Waals surface area contributed by atoms with Gasteiger partial charge in [0.25, 0.3) is 0 Å². The maximum absolute atomic E-state index is 10.7. The lowest BCUT2D eigenvalue weighted by Gasteiger charge is -2.31. The molecular formula is C17H20O4. The van der Waals surface area contributed by atoms with Crippen molar-refractivity contribution in [2.45, 2.75) is 12.1 Å². The molecule has 1 N–H and O–H groups in total. The number of methoxy groups -OCH3 is 3. The number of aliphatic hydroxyl groups is 1. The van der Waals surface area contributed by atoms with E-state index in [0.29, 0.717) is 11.1 Å². The minimum absolute atomic E-state index is 0.633. The van der Waals surface area contributed by atoms with Crippen LogP contribution in [0.3, 0.4) is 0 Å². The van der Waals surface area contributed by atoms with Crippen molar-refractivity contribution in [1.82, 2.24) is 0 Å². The Labute approximate surface area is 124 Å². The molecule has 0 radical (unpaired) electrons. The Balaban J connectivity index is 2.51. The van der Waals surface area contributed by atoms with Crippen LogP contribution in [-0.2, 0) is 20.2 Å². The van der Waals surface area contributed by atoms with E-state index in [4.69, 9.17) is 14.2 Å². The zero-order chi connectivity index (χ0) is 15.3. The van der Waals surface area contributed by atoms with Crippen molar-refractivity contribution in [2.24, 2.45) is 0 Å². The topological polar surface area (TPSA) is 47.9 Å². The Morgan fingerprint density at radius 3 is 1.90 bits per heavy atom. The molecule has 0 bridgehead atoms. The summed E-state index contributed by atoms with van der Waals surface area (Å²) in [7, 11) is 4.50. The van der Waals surface area contributed by atoms with Gasteiger partial charge in [-0.05, 0) is 11.1 Å². The third-order valence-corrected chi connectivity index (χ3v) is 3.51. The van der Waals surface area contributed by atoms with Crippen molar-refractivity contribution in [3.63, 3.8) is 0 Å². The summed E-state index contributed by atoms with van der Waals surface area (Å²) in [4.78, 5) is 0. The van der Waals surface area contributed by atoms with Crippen molar-refractivity contribution < 1.29 is 19.3 Å². The molecule has 2 aromatic carbocycles. The third kappa shape index (κ3) is 2.99. The lowest BCUT2D eigenvalue weighted by atomic mass is 9.95. The second-order valence-corrected chi connectivity index (χ2v) is 4.57. The lowest BCUT2D eigenvalue weighted by molar-refractivity contribution is -0.365. The van der Waals surface area contributed by atoms with E-state index >= 15 is 0 Å². The quantitative estimate of drug-likeness (QED) is 0.830. The molecule has 0 fully saturated rings. The standard InChI is InChI=1S/C17H20O4/c1-19-17(20-2,21-3)15-12-8-7-11-14(15)16(18)13-9-5-4-6-10-13/h4-12,16,18H,1-3H3/t16-/m0/s1. The van der Waals surface area contributed by atoms with E-state index in [0.717, 1.165) is 5.56 Å². The van der Waals surface area contributed by atoms with Crippen molar-refractivity contribution in [3.8, 4) is 0 Å². The van der Waals surface area contributed by atoms with Crippen LogP contribution in [0.5, 0.6) is 0 Å². The van der Waals surface area contributed by atoms with Crippen LogP contribution in [0.1, 0.15) is 22.8 Å². The number of aliphatic hydroxyl groups excluding tert-OH is 1. The van der Waals surface area contributed by atoms with Crippen LogP contribution in [0.25, 0.3) is 0 Å². The van der Waals surface area contributed by atoms with E-state index in [2.05, 4.69) is 0 Å². The molecule has 0 heterocycles. The summed E-state index contributed by atoms with van der Waals surface area (Å²) in [6.45, 7) is 0. The molecule has 0 aliphatic rings. The van der Waals surface area contributed by atoms with Crippen LogP contribution >= 0.6 is 0 Å². The Hall–Kier alpha value is -1.72. The van der Waals surface area contributed by atoms with Crippen LogP contribution in [0.4, 0.5) is 0 Å². The molecule has 112 valence electrons. The molecule has 1 atom stereocenters. The molecule has 2 rings (SSSR count). The van der Waals surface area contributed by atoms with Gasteiger partial charge in [0.15, 0.2) is 0 Å². The Morgan fingerprint density at radius 1 is 0.810 bits per heavy atom. The maximum Gasteiger partial charge on any atom is 0.311 e. The van der Waals surface area contributed by atoms with Crippen LogP contribution in [0, 0.1) is 0 Å². The van der Waals surface area contributed by atoms with Gasteiger partial charge in [-0.25, -0.2) is 0 Å². The lowest BCUT2D eigenvalue weighted by Crippen LogP contribution is -2.34. The van der Waals surface area contributed by atoms with E-state index in [1.807, 2.05) is 54.6 Å². The van der Waals surface area contributed by atoms with E-state index in [1.165, 1.54) is 21.3 Å². The van der Waals surface area contributed by atoms with Crippen molar-refractivity contribution in [2.75, 3.05) is 21.3 Å². The molecule has 4 nitrogen and oxygen atoms in total. The zero-order valence-corrected chi connectivity index (χ0v) is 12.4. The van der Waals surface area contributed by atoms with Crippen LogP contribution < -0.4 is 0 Å². The minimum Gasteiger partial charge on any atom is -0.384 e.